The molecule has 1 aliphatic heterocycles. The number of hydrogen-bond acceptors (Lipinski definition) is 3. The second-order valence-corrected chi connectivity index (χ2v) is 4.70. The Kier molecular flexibility index (Phi) is 4.81. The summed E-state index contributed by atoms with van der Waals surface area (Å²) in [4.78, 5) is 22.6. The molecule has 0 saturated carbocycles. The molecule has 0 spiro atoms. The van der Waals surface area contributed by atoms with Gasteiger partial charge in [0.15, 0.2) is 0 Å². The van der Waals surface area contributed by atoms with Gasteiger partial charge < -0.3 is 20.7 Å². The average molecular weight is 277 g/mol. The molecule has 1 atom stereocenters. The first-order valence-electron chi connectivity index (χ1n) is 6.61. The molecule has 0 aliphatic carbocycles. The van der Waals surface area contributed by atoms with E-state index in [-0.39, 0.29) is 18.0 Å². The van der Waals surface area contributed by atoms with Gasteiger partial charge in [-0.25, -0.2) is 4.79 Å². The van der Waals surface area contributed by atoms with Crippen molar-refractivity contribution >= 4 is 11.9 Å². The number of carbonyl (C=O) groups excluding carboxylic acids is 2. The number of urea groups is 1. The maximum absolute atomic E-state index is 11.6. The largest absolute Gasteiger partial charge is 0.497 e. The van der Waals surface area contributed by atoms with E-state index in [4.69, 9.17) is 4.74 Å². The second-order valence-electron chi connectivity index (χ2n) is 4.70. The zero-order chi connectivity index (χ0) is 14.4. The van der Waals surface area contributed by atoms with E-state index in [0.717, 1.165) is 17.7 Å². The van der Waals surface area contributed by atoms with Gasteiger partial charge in [0.2, 0.25) is 5.91 Å². The molecule has 1 unspecified atom stereocenters. The number of carbonyl (C=O) groups is 2. The van der Waals surface area contributed by atoms with Crippen LogP contribution >= 0.6 is 0 Å². The summed E-state index contributed by atoms with van der Waals surface area (Å²) in [7, 11) is 1.63. The number of benzene rings is 1. The van der Waals surface area contributed by atoms with Crippen molar-refractivity contribution in [1.29, 1.82) is 0 Å². The van der Waals surface area contributed by atoms with E-state index in [1.54, 1.807) is 7.11 Å². The molecule has 3 N–H and O–H groups in total. The third kappa shape index (κ3) is 4.15. The van der Waals surface area contributed by atoms with Gasteiger partial charge in [-0.2, -0.15) is 0 Å². The molecule has 108 valence electrons. The van der Waals surface area contributed by atoms with Gasteiger partial charge in [-0.3, -0.25) is 4.79 Å². The van der Waals surface area contributed by atoms with Crippen molar-refractivity contribution in [2.75, 3.05) is 20.2 Å². The Morgan fingerprint density at radius 3 is 2.75 bits per heavy atom. The fraction of sp³-hybridized carbons (Fsp3) is 0.429. The number of nitrogens with one attached hydrogen (secondary N) is 3. The smallest absolute Gasteiger partial charge is 0.315 e. The summed E-state index contributed by atoms with van der Waals surface area (Å²) in [5, 5.41) is 8.22. The Morgan fingerprint density at radius 2 is 2.15 bits per heavy atom. The molecular weight excluding hydrogens is 258 g/mol. The van der Waals surface area contributed by atoms with E-state index in [1.807, 2.05) is 24.3 Å². The van der Waals surface area contributed by atoms with E-state index < -0.39 is 0 Å². The maximum atomic E-state index is 11.6. The SMILES string of the molecule is COc1ccc(CCNC(=O)NC2CNC(=O)C2)cc1. The van der Waals surface area contributed by atoms with Crippen LogP contribution < -0.4 is 20.7 Å². The maximum Gasteiger partial charge on any atom is 0.315 e. The summed E-state index contributed by atoms with van der Waals surface area (Å²) < 4.78 is 5.08. The minimum absolute atomic E-state index is 0.0199. The zero-order valence-electron chi connectivity index (χ0n) is 11.4. The molecule has 0 aromatic heterocycles. The molecule has 6 nitrogen and oxygen atoms in total. The van der Waals surface area contributed by atoms with Crippen molar-refractivity contribution in [3.63, 3.8) is 0 Å². The van der Waals surface area contributed by atoms with Crippen LogP contribution in [0.3, 0.4) is 0 Å². The molecular formula is C14H19N3O3. The van der Waals surface area contributed by atoms with Gasteiger partial charge in [0.05, 0.1) is 13.2 Å². The number of methoxy groups -OCH3 is 1. The van der Waals surface area contributed by atoms with Crippen molar-refractivity contribution in [2.45, 2.75) is 18.9 Å². The monoisotopic (exact) mass is 277 g/mol. The van der Waals surface area contributed by atoms with Gasteiger partial charge in [-0.1, -0.05) is 12.1 Å². The Morgan fingerprint density at radius 1 is 1.40 bits per heavy atom. The Hall–Kier alpha value is -2.24. The van der Waals surface area contributed by atoms with Crippen LogP contribution in [0.5, 0.6) is 5.75 Å². The summed E-state index contributed by atoms with van der Waals surface area (Å²) in [6, 6.07) is 7.38. The van der Waals surface area contributed by atoms with Crippen LogP contribution in [0, 0.1) is 0 Å². The fourth-order valence-electron chi connectivity index (χ4n) is 2.06. The van der Waals surface area contributed by atoms with Gasteiger partial charge in [0.1, 0.15) is 5.75 Å². The van der Waals surface area contributed by atoms with Crippen LogP contribution in [0.25, 0.3) is 0 Å². The van der Waals surface area contributed by atoms with E-state index in [9.17, 15) is 9.59 Å². The van der Waals surface area contributed by atoms with Gasteiger partial charge in [-0.15, -0.1) is 0 Å². The third-order valence-electron chi connectivity index (χ3n) is 3.17. The fourth-order valence-corrected chi connectivity index (χ4v) is 2.06. The summed E-state index contributed by atoms with van der Waals surface area (Å²) in [6.07, 6.45) is 1.10. The quantitative estimate of drug-likeness (QED) is 0.730. The predicted molar refractivity (Wildman–Crippen MR) is 74.6 cm³/mol. The van der Waals surface area contributed by atoms with Crippen LogP contribution in [0.15, 0.2) is 24.3 Å². The predicted octanol–water partition coefficient (Wildman–Crippen LogP) is 0.425. The molecule has 1 saturated heterocycles. The van der Waals surface area contributed by atoms with Crippen LogP contribution in [0.1, 0.15) is 12.0 Å². The van der Waals surface area contributed by atoms with Crippen molar-refractivity contribution in [1.82, 2.24) is 16.0 Å². The molecule has 0 bridgehead atoms. The molecule has 3 amide bonds. The summed E-state index contributed by atoms with van der Waals surface area (Å²) >= 11 is 0. The lowest BCUT2D eigenvalue weighted by Gasteiger charge is -2.11. The Labute approximate surface area is 117 Å². The summed E-state index contributed by atoms with van der Waals surface area (Å²) in [5.41, 5.74) is 1.13. The minimum Gasteiger partial charge on any atom is -0.497 e. The third-order valence-corrected chi connectivity index (χ3v) is 3.17. The molecule has 1 aromatic carbocycles. The summed E-state index contributed by atoms with van der Waals surface area (Å²) in [6.45, 7) is 1.05. The second kappa shape index (κ2) is 6.79. The van der Waals surface area contributed by atoms with E-state index in [1.165, 1.54) is 0 Å². The number of rotatable bonds is 5. The first kappa shape index (κ1) is 14.2. The zero-order valence-corrected chi connectivity index (χ0v) is 11.4. The lowest BCUT2D eigenvalue weighted by molar-refractivity contribution is -0.119. The normalized spacial score (nSPS) is 17.4. The van der Waals surface area contributed by atoms with E-state index in [0.29, 0.717) is 19.5 Å². The van der Waals surface area contributed by atoms with Crippen molar-refractivity contribution in [2.24, 2.45) is 0 Å². The van der Waals surface area contributed by atoms with Gasteiger partial charge in [0.25, 0.3) is 0 Å². The molecule has 6 heteroatoms. The summed E-state index contributed by atoms with van der Waals surface area (Å²) in [5.74, 6) is 0.798. The average Bonchev–Trinajstić information content (AvgIpc) is 2.85. The van der Waals surface area contributed by atoms with Crippen LogP contribution in [0.2, 0.25) is 0 Å². The topological polar surface area (TPSA) is 79.5 Å². The molecule has 1 aliphatic rings. The highest BCUT2D eigenvalue weighted by atomic mass is 16.5. The molecule has 1 heterocycles. The van der Waals surface area contributed by atoms with E-state index >= 15 is 0 Å². The van der Waals surface area contributed by atoms with Crippen molar-refractivity contribution in [3.05, 3.63) is 29.8 Å². The van der Waals surface area contributed by atoms with Crippen LogP contribution in [-0.2, 0) is 11.2 Å². The standard InChI is InChI=1S/C14H19N3O3/c1-20-12-4-2-10(3-5-12)6-7-15-14(19)17-11-8-13(18)16-9-11/h2-5,11H,6-9H2,1H3,(H,16,18)(H2,15,17,19). The lowest BCUT2D eigenvalue weighted by atomic mass is 10.1. The molecule has 0 radical (unpaired) electrons. The number of ether oxygens (including phenoxy) is 1. The Bertz CT molecular complexity index is 473. The molecule has 2 rings (SSSR count). The molecule has 1 fully saturated rings. The van der Waals surface area contributed by atoms with Crippen LogP contribution in [-0.4, -0.2) is 38.2 Å². The first-order valence-corrected chi connectivity index (χ1v) is 6.61. The lowest BCUT2D eigenvalue weighted by Crippen LogP contribution is -2.43. The highest BCUT2D eigenvalue weighted by molar-refractivity contribution is 5.81. The number of amides is 3. The van der Waals surface area contributed by atoms with Gasteiger partial charge >= 0.3 is 6.03 Å². The van der Waals surface area contributed by atoms with Gasteiger partial charge in [-0.05, 0) is 24.1 Å². The van der Waals surface area contributed by atoms with Crippen molar-refractivity contribution < 1.29 is 14.3 Å². The highest BCUT2D eigenvalue weighted by Gasteiger charge is 2.22. The van der Waals surface area contributed by atoms with Crippen LogP contribution in [0.4, 0.5) is 4.79 Å². The van der Waals surface area contributed by atoms with Crippen molar-refractivity contribution in [3.8, 4) is 5.75 Å². The first-order chi connectivity index (χ1) is 9.67. The Balaban J connectivity index is 1.67. The highest BCUT2D eigenvalue weighted by Crippen LogP contribution is 2.11. The minimum atomic E-state index is -0.236. The molecule has 1 aromatic rings. The molecule has 20 heavy (non-hydrogen) atoms. The van der Waals surface area contributed by atoms with E-state index in [2.05, 4.69) is 16.0 Å². The van der Waals surface area contributed by atoms with Gasteiger partial charge in [0, 0.05) is 19.5 Å². The number of hydrogen-bond donors (Lipinski definition) is 3.